The highest BCUT2D eigenvalue weighted by atomic mass is 16.5. The van der Waals surface area contributed by atoms with Crippen molar-refractivity contribution >= 4 is 16.8 Å². The van der Waals surface area contributed by atoms with Crippen LogP contribution in [-0.4, -0.2) is 68.0 Å². The predicted octanol–water partition coefficient (Wildman–Crippen LogP) is 1.66. The van der Waals surface area contributed by atoms with Crippen LogP contribution < -0.4 is 10.1 Å². The van der Waals surface area contributed by atoms with Crippen LogP contribution in [0.3, 0.4) is 0 Å². The zero-order valence-electron chi connectivity index (χ0n) is 14.9. The largest absolute Gasteiger partial charge is 0.497 e. The number of methoxy groups -OCH3 is 2. The van der Waals surface area contributed by atoms with Gasteiger partial charge in [-0.05, 0) is 50.0 Å². The van der Waals surface area contributed by atoms with E-state index in [1.165, 1.54) is 0 Å². The van der Waals surface area contributed by atoms with Crippen LogP contribution in [0.15, 0.2) is 18.2 Å². The van der Waals surface area contributed by atoms with Crippen molar-refractivity contribution in [1.82, 2.24) is 20.4 Å². The summed E-state index contributed by atoms with van der Waals surface area (Å²) >= 11 is 0. The minimum absolute atomic E-state index is 0.138. The van der Waals surface area contributed by atoms with Gasteiger partial charge in [0.2, 0.25) is 0 Å². The third-order valence-electron chi connectivity index (χ3n) is 4.86. The molecule has 0 aliphatic carbocycles. The fraction of sp³-hybridized carbons (Fsp3) is 0.556. The highest BCUT2D eigenvalue weighted by Crippen LogP contribution is 2.22. The van der Waals surface area contributed by atoms with Crippen molar-refractivity contribution in [3.05, 3.63) is 23.9 Å². The quantitative estimate of drug-likeness (QED) is 0.797. The molecule has 2 heterocycles. The lowest BCUT2D eigenvalue weighted by atomic mass is 9.97. The summed E-state index contributed by atoms with van der Waals surface area (Å²) in [5, 5.41) is 10.9. The number of fused-ring (bicyclic) bond motifs is 1. The minimum atomic E-state index is -0.138. The molecule has 3 rings (SSSR count). The number of nitrogens with one attached hydrogen (secondary N) is 2. The first kappa shape index (κ1) is 17.7. The van der Waals surface area contributed by atoms with Crippen molar-refractivity contribution in [2.45, 2.75) is 12.8 Å². The summed E-state index contributed by atoms with van der Waals surface area (Å²) in [4.78, 5) is 14.9. The Morgan fingerprint density at radius 2 is 2.16 bits per heavy atom. The highest BCUT2D eigenvalue weighted by Gasteiger charge is 2.21. The second kappa shape index (κ2) is 8.31. The first-order valence-electron chi connectivity index (χ1n) is 8.73. The van der Waals surface area contributed by atoms with Gasteiger partial charge in [-0.2, -0.15) is 5.10 Å². The molecule has 7 heteroatoms. The Hall–Kier alpha value is -2.12. The number of benzene rings is 1. The Labute approximate surface area is 147 Å². The molecule has 1 amide bonds. The Kier molecular flexibility index (Phi) is 5.88. The molecule has 1 fully saturated rings. The number of hydrogen-bond acceptors (Lipinski definition) is 5. The standard InChI is InChI=1S/C18H26N4O3/c1-24-10-9-22-7-5-13(6-8-22)12-19-18(23)17-15-11-14(25-2)3-4-16(15)20-21-17/h3-4,11,13H,5-10,12H2,1-2H3,(H,19,23)(H,20,21). The topological polar surface area (TPSA) is 79.5 Å². The number of carbonyl (C=O) groups is 1. The van der Waals surface area contributed by atoms with Gasteiger partial charge in [0, 0.05) is 25.6 Å². The molecule has 1 saturated heterocycles. The van der Waals surface area contributed by atoms with E-state index in [9.17, 15) is 4.79 Å². The van der Waals surface area contributed by atoms with E-state index in [2.05, 4.69) is 20.4 Å². The molecular weight excluding hydrogens is 320 g/mol. The number of likely N-dealkylation sites (tertiary alicyclic amines) is 1. The monoisotopic (exact) mass is 346 g/mol. The number of carbonyl (C=O) groups excluding carboxylic acids is 1. The summed E-state index contributed by atoms with van der Waals surface area (Å²) in [7, 11) is 3.34. The number of piperidine rings is 1. The maximum atomic E-state index is 12.5. The smallest absolute Gasteiger partial charge is 0.272 e. The molecule has 2 N–H and O–H groups in total. The van der Waals surface area contributed by atoms with E-state index in [1.807, 2.05) is 18.2 Å². The van der Waals surface area contributed by atoms with E-state index in [-0.39, 0.29) is 5.91 Å². The number of rotatable bonds is 7. The first-order valence-corrected chi connectivity index (χ1v) is 8.73. The van der Waals surface area contributed by atoms with Crippen LogP contribution >= 0.6 is 0 Å². The van der Waals surface area contributed by atoms with Crippen LogP contribution in [-0.2, 0) is 4.74 Å². The van der Waals surface area contributed by atoms with Gasteiger partial charge < -0.3 is 19.7 Å². The van der Waals surface area contributed by atoms with Crippen molar-refractivity contribution in [1.29, 1.82) is 0 Å². The van der Waals surface area contributed by atoms with E-state index < -0.39 is 0 Å². The van der Waals surface area contributed by atoms with Crippen molar-refractivity contribution in [2.24, 2.45) is 5.92 Å². The van der Waals surface area contributed by atoms with Crippen molar-refractivity contribution in [2.75, 3.05) is 47.0 Å². The average molecular weight is 346 g/mol. The van der Waals surface area contributed by atoms with Gasteiger partial charge in [-0.1, -0.05) is 0 Å². The fourth-order valence-electron chi connectivity index (χ4n) is 3.25. The molecule has 0 saturated carbocycles. The Balaban J connectivity index is 1.53. The lowest BCUT2D eigenvalue weighted by Gasteiger charge is -2.31. The molecule has 1 aliphatic heterocycles. The van der Waals surface area contributed by atoms with Crippen molar-refractivity contribution in [3.8, 4) is 5.75 Å². The number of nitrogens with zero attached hydrogens (tertiary/aromatic N) is 2. The SMILES string of the molecule is COCCN1CCC(CNC(=O)c2n[nH]c3ccc(OC)cc23)CC1. The van der Waals surface area contributed by atoms with Crippen molar-refractivity contribution < 1.29 is 14.3 Å². The molecule has 0 radical (unpaired) electrons. The molecule has 1 aromatic carbocycles. The highest BCUT2D eigenvalue weighted by molar-refractivity contribution is 6.04. The lowest BCUT2D eigenvalue weighted by molar-refractivity contribution is 0.0922. The summed E-state index contributed by atoms with van der Waals surface area (Å²) in [6.45, 7) is 4.57. The molecule has 2 aromatic rings. The van der Waals surface area contributed by atoms with Crippen LogP contribution in [0.2, 0.25) is 0 Å². The lowest BCUT2D eigenvalue weighted by Crippen LogP contribution is -2.39. The maximum Gasteiger partial charge on any atom is 0.272 e. The zero-order chi connectivity index (χ0) is 17.6. The van der Waals surface area contributed by atoms with Gasteiger partial charge in [-0.15, -0.1) is 0 Å². The second-order valence-electron chi connectivity index (χ2n) is 6.47. The third kappa shape index (κ3) is 4.29. The van der Waals surface area contributed by atoms with Gasteiger partial charge in [-0.3, -0.25) is 9.89 Å². The van der Waals surface area contributed by atoms with Gasteiger partial charge in [0.25, 0.3) is 5.91 Å². The summed E-state index contributed by atoms with van der Waals surface area (Å²) in [6, 6.07) is 5.55. The summed E-state index contributed by atoms with van der Waals surface area (Å²) in [5.41, 5.74) is 1.25. The Morgan fingerprint density at radius 3 is 2.88 bits per heavy atom. The van der Waals surface area contributed by atoms with Gasteiger partial charge in [0.1, 0.15) is 5.75 Å². The van der Waals surface area contributed by atoms with Gasteiger partial charge in [0.05, 0.1) is 19.2 Å². The van der Waals surface area contributed by atoms with Crippen LogP contribution in [0, 0.1) is 5.92 Å². The van der Waals surface area contributed by atoms with Crippen LogP contribution in [0.1, 0.15) is 23.3 Å². The molecule has 0 unspecified atom stereocenters. The summed E-state index contributed by atoms with van der Waals surface area (Å²) in [6.07, 6.45) is 2.19. The van der Waals surface area contributed by atoms with Crippen LogP contribution in [0.5, 0.6) is 5.75 Å². The second-order valence-corrected chi connectivity index (χ2v) is 6.47. The molecule has 0 atom stereocenters. The number of H-pyrrole nitrogens is 1. The van der Waals surface area contributed by atoms with Gasteiger partial charge >= 0.3 is 0 Å². The number of amides is 1. The minimum Gasteiger partial charge on any atom is -0.497 e. The van der Waals surface area contributed by atoms with E-state index in [4.69, 9.17) is 9.47 Å². The normalized spacial score (nSPS) is 16.2. The van der Waals surface area contributed by atoms with Gasteiger partial charge in [0.15, 0.2) is 5.69 Å². The molecule has 136 valence electrons. The van der Waals surface area contributed by atoms with E-state index in [0.29, 0.717) is 23.9 Å². The molecule has 0 bridgehead atoms. The van der Waals surface area contributed by atoms with Crippen LogP contribution in [0.4, 0.5) is 0 Å². The number of ether oxygens (including phenoxy) is 2. The Bertz CT molecular complexity index is 707. The zero-order valence-corrected chi connectivity index (χ0v) is 14.9. The van der Waals surface area contributed by atoms with E-state index in [0.717, 1.165) is 50.0 Å². The van der Waals surface area contributed by atoms with Crippen LogP contribution in [0.25, 0.3) is 10.9 Å². The summed E-state index contributed by atoms with van der Waals surface area (Å²) < 4.78 is 10.4. The first-order chi connectivity index (χ1) is 12.2. The molecular formula is C18H26N4O3. The fourth-order valence-corrected chi connectivity index (χ4v) is 3.25. The van der Waals surface area contributed by atoms with E-state index in [1.54, 1.807) is 14.2 Å². The van der Waals surface area contributed by atoms with E-state index >= 15 is 0 Å². The number of aromatic amines is 1. The van der Waals surface area contributed by atoms with Crippen molar-refractivity contribution in [3.63, 3.8) is 0 Å². The molecule has 1 aromatic heterocycles. The molecule has 1 aliphatic rings. The maximum absolute atomic E-state index is 12.5. The summed E-state index contributed by atoms with van der Waals surface area (Å²) in [5.74, 6) is 1.09. The Morgan fingerprint density at radius 1 is 1.36 bits per heavy atom. The average Bonchev–Trinajstić information content (AvgIpc) is 3.08. The number of aromatic nitrogens is 2. The molecule has 0 spiro atoms. The molecule has 7 nitrogen and oxygen atoms in total. The van der Waals surface area contributed by atoms with Gasteiger partial charge in [-0.25, -0.2) is 0 Å². The number of hydrogen-bond donors (Lipinski definition) is 2. The predicted molar refractivity (Wildman–Crippen MR) is 96.0 cm³/mol. The third-order valence-corrected chi connectivity index (χ3v) is 4.86. The molecule has 25 heavy (non-hydrogen) atoms.